The minimum atomic E-state index is -0.321. The molecule has 0 saturated carbocycles. The van der Waals surface area contributed by atoms with Gasteiger partial charge in [0.05, 0.1) is 12.6 Å². The summed E-state index contributed by atoms with van der Waals surface area (Å²) in [7, 11) is 1.89. The number of nitrogens with one attached hydrogen (secondary N) is 1. The molecule has 0 bridgehead atoms. The molecule has 12 heavy (non-hydrogen) atoms. The summed E-state index contributed by atoms with van der Waals surface area (Å²) in [5.74, 6) is 0.871. The van der Waals surface area contributed by atoms with Gasteiger partial charge in [0.2, 0.25) is 0 Å². The number of aryl methyl sites for hydroxylation is 1. The Hall–Kier alpha value is -0.940. The summed E-state index contributed by atoms with van der Waals surface area (Å²) in [6.07, 6.45) is 1.33. The third-order valence-electron chi connectivity index (χ3n) is 1.53. The molecule has 1 heterocycles. The highest BCUT2D eigenvalue weighted by Gasteiger charge is 2.00. The first kappa shape index (κ1) is 9.15. The number of aliphatic hydroxyl groups excluding tert-OH is 1. The maximum Gasteiger partial charge on any atom is 0.146 e. The summed E-state index contributed by atoms with van der Waals surface area (Å²) >= 11 is 0. The molecule has 1 aromatic heterocycles. The van der Waals surface area contributed by atoms with Crippen LogP contribution in [0.1, 0.15) is 12.7 Å². The first-order valence-corrected chi connectivity index (χ1v) is 3.92. The molecule has 0 saturated heterocycles. The van der Waals surface area contributed by atoms with Crippen LogP contribution in [0.5, 0.6) is 0 Å². The number of hydrogen-bond donors (Lipinski definition) is 2. The second-order valence-electron chi connectivity index (χ2n) is 2.84. The van der Waals surface area contributed by atoms with Crippen molar-refractivity contribution >= 4 is 0 Å². The van der Waals surface area contributed by atoms with Crippen LogP contribution in [-0.4, -0.2) is 32.5 Å². The van der Waals surface area contributed by atoms with Crippen molar-refractivity contribution in [2.24, 2.45) is 7.05 Å². The van der Waals surface area contributed by atoms with Gasteiger partial charge in [0.15, 0.2) is 0 Å². The van der Waals surface area contributed by atoms with Crippen molar-refractivity contribution in [2.45, 2.75) is 19.6 Å². The van der Waals surface area contributed by atoms with E-state index in [2.05, 4.69) is 15.5 Å². The van der Waals surface area contributed by atoms with E-state index in [0.717, 1.165) is 5.82 Å². The number of rotatable bonds is 4. The van der Waals surface area contributed by atoms with Crippen molar-refractivity contribution in [3.05, 3.63) is 12.2 Å². The monoisotopic (exact) mass is 170 g/mol. The topological polar surface area (TPSA) is 63.0 Å². The maximum atomic E-state index is 8.94. The van der Waals surface area contributed by atoms with E-state index in [0.29, 0.717) is 13.1 Å². The van der Waals surface area contributed by atoms with Crippen LogP contribution in [0.4, 0.5) is 0 Å². The van der Waals surface area contributed by atoms with Gasteiger partial charge in [0.25, 0.3) is 0 Å². The highest BCUT2D eigenvalue weighted by molar-refractivity contribution is 4.82. The van der Waals surface area contributed by atoms with E-state index in [9.17, 15) is 0 Å². The Morgan fingerprint density at radius 2 is 2.50 bits per heavy atom. The molecule has 0 aromatic carbocycles. The Bertz CT molecular complexity index is 233. The zero-order valence-corrected chi connectivity index (χ0v) is 7.36. The minimum absolute atomic E-state index is 0.321. The molecule has 0 fully saturated rings. The summed E-state index contributed by atoms with van der Waals surface area (Å²) in [6.45, 7) is 2.96. The summed E-state index contributed by atoms with van der Waals surface area (Å²) in [4.78, 5) is 0. The molecule has 0 aliphatic rings. The lowest BCUT2D eigenvalue weighted by Crippen LogP contribution is -2.25. The average molecular weight is 170 g/mol. The molecule has 0 unspecified atom stereocenters. The third-order valence-corrected chi connectivity index (χ3v) is 1.53. The van der Waals surface area contributed by atoms with Crippen LogP contribution in [0.15, 0.2) is 6.33 Å². The fourth-order valence-electron chi connectivity index (χ4n) is 0.860. The van der Waals surface area contributed by atoms with E-state index in [1.54, 1.807) is 13.3 Å². The molecule has 2 N–H and O–H groups in total. The molecule has 0 spiro atoms. The SMILES string of the molecule is C[C@@H](O)CNCc1nncn1C. The lowest BCUT2D eigenvalue weighted by molar-refractivity contribution is 0.190. The molecule has 0 aliphatic heterocycles. The van der Waals surface area contributed by atoms with E-state index in [-0.39, 0.29) is 6.10 Å². The predicted octanol–water partition coefficient (Wildman–Crippen LogP) is -0.715. The van der Waals surface area contributed by atoms with Crippen molar-refractivity contribution < 1.29 is 5.11 Å². The highest BCUT2D eigenvalue weighted by Crippen LogP contribution is 1.89. The van der Waals surface area contributed by atoms with Gasteiger partial charge in [0.1, 0.15) is 12.2 Å². The molecule has 0 radical (unpaired) electrons. The number of aromatic nitrogens is 3. The van der Waals surface area contributed by atoms with Gasteiger partial charge in [-0.1, -0.05) is 0 Å². The van der Waals surface area contributed by atoms with E-state index in [1.807, 2.05) is 11.6 Å². The Morgan fingerprint density at radius 1 is 1.75 bits per heavy atom. The van der Waals surface area contributed by atoms with Gasteiger partial charge in [-0.25, -0.2) is 0 Å². The summed E-state index contributed by atoms with van der Waals surface area (Å²) in [5.41, 5.74) is 0. The molecule has 1 aromatic rings. The van der Waals surface area contributed by atoms with Crippen LogP contribution in [0.3, 0.4) is 0 Å². The number of hydrogen-bond acceptors (Lipinski definition) is 4. The van der Waals surface area contributed by atoms with E-state index < -0.39 is 0 Å². The molecule has 5 nitrogen and oxygen atoms in total. The lowest BCUT2D eigenvalue weighted by Gasteiger charge is -2.05. The Labute approximate surface area is 71.4 Å². The minimum Gasteiger partial charge on any atom is -0.392 e. The van der Waals surface area contributed by atoms with Gasteiger partial charge in [-0.15, -0.1) is 10.2 Å². The first-order chi connectivity index (χ1) is 5.70. The third kappa shape index (κ3) is 2.60. The maximum absolute atomic E-state index is 8.94. The predicted molar refractivity (Wildman–Crippen MR) is 44.4 cm³/mol. The quantitative estimate of drug-likeness (QED) is 0.626. The van der Waals surface area contributed by atoms with Crippen LogP contribution < -0.4 is 5.32 Å². The van der Waals surface area contributed by atoms with Crippen LogP contribution in [0, 0.1) is 0 Å². The Morgan fingerprint density at radius 3 is 3.00 bits per heavy atom. The van der Waals surface area contributed by atoms with Crippen LogP contribution in [0.2, 0.25) is 0 Å². The van der Waals surface area contributed by atoms with E-state index in [1.165, 1.54) is 0 Å². The Kier molecular flexibility index (Phi) is 3.19. The second-order valence-corrected chi connectivity index (χ2v) is 2.84. The van der Waals surface area contributed by atoms with E-state index >= 15 is 0 Å². The van der Waals surface area contributed by atoms with Gasteiger partial charge in [-0.3, -0.25) is 0 Å². The van der Waals surface area contributed by atoms with Gasteiger partial charge in [0, 0.05) is 13.6 Å². The van der Waals surface area contributed by atoms with Crippen molar-refractivity contribution in [1.29, 1.82) is 0 Å². The molecule has 5 heteroatoms. The zero-order valence-electron chi connectivity index (χ0n) is 7.36. The summed E-state index contributed by atoms with van der Waals surface area (Å²) < 4.78 is 1.84. The van der Waals surface area contributed by atoms with Gasteiger partial charge < -0.3 is 15.0 Å². The molecular formula is C7H14N4O. The van der Waals surface area contributed by atoms with Crippen molar-refractivity contribution in [2.75, 3.05) is 6.54 Å². The normalized spacial score (nSPS) is 13.2. The van der Waals surface area contributed by atoms with Crippen molar-refractivity contribution in [3.8, 4) is 0 Å². The summed E-state index contributed by atoms with van der Waals surface area (Å²) in [6, 6.07) is 0. The second kappa shape index (κ2) is 4.18. The zero-order chi connectivity index (χ0) is 8.97. The number of nitrogens with zero attached hydrogens (tertiary/aromatic N) is 3. The van der Waals surface area contributed by atoms with Crippen molar-refractivity contribution in [3.63, 3.8) is 0 Å². The molecular weight excluding hydrogens is 156 g/mol. The van der Waals surface area contributed by atoms with Crippen LogP contribution in [-0.2, 0) is 13.6 Å². The number of aliphatic hydroxyl groups is 1. The highest BCUT2D eigenvalue weighted by atomic mass is 16.3. The standard InChI is InChI=1S/C7H14N4O/c1-6(12)3-8-4-7-10-9-5-11(7)2/h5-6,8,12H,3-4H2,1-2H3/t6-/m1/s1. The van der Waals surface area contributed by atoms with Gasteiger partial charge in [-0.05, 0) is 6.92 Å². The smallest absolute Gasteiger partial charge is 0.146 e. The van der Waals surface area contributed by atoms with Crippen LogP contribution in [0.25, 0.3) is 0 Å². The molecule has 0 aliphatic carbocycles. The Balaban J connectivity index is 2.29. The molecule has 0 amide bonds. The fraction of sp³-hybridized carbons (Fsp3) is 0.714. The molecule has 1 rings (SSSR count). The average Bonchev–Trinajstić information content (AvgIpc) is 2.36. The molecule has 68 valence electrons. The first-order valence-electron chi connectivity index (χ1n) is 3.92. The van der Waals surface area contributed by atoms with E-state index in [4.69, 9.17) is 5.11 Å². The fourth-order valence-corrected chi connectivity index (χ4v) is 0.860. The van der Waals surface area contributed by atoms with Gasteiger partial charge >= 0.3 is 0 Å². The lowest BCUT2D eigenvalue weighted by atomic mass is 10.4. The molecule has 1 atom stereocenters. The largest absolute Gasteiger partial charge is 0.392 e. The van der Waals surface area contributed by atoms with Crippen molar-refractivity contribution in [1.82, 2.24) is 20.1 Å². The summed E-state index contributed by atoms with van der Waals surface area (Å²) in [5, 5.41) is 19.6. The van der Waals surface area contributed by atoms with Crippen LogP contribution >= 0.6 is 0 Å². The van der Waals surface area contributed by atoms with Gasteiger partial charge in [-0.2, -0.15) is 0 Å².